The third kappa shape index (κ3) is 6.21. The van der Waals surface area contributed by atoms with E-state index in [2.05, 4.69) is 20.8 Å². The summed E-state index contributed by atoms with van der Waals surface area (Å²) in [4.78, 5) is 25.1. The number of amides is 2. The molecule has 1 aliphatic rings. The predicted octanol–water partition coefficient (Wildman–Crippen LogP) is 2.64. The first-order valence-electron chi connectivity index (χ1n) is 8.94. The Morgan fingerprint density at radius 3 is 2.48 bits per heavy atom. The van der Waals surface area contributed by atoms with Gasteiger partial charge in [0.2, 0.25) is 5.91 Å². The van der Waals surface area contributed by atoms with Gasteiger partial charge in [-0.3, -0.25) is 4.79 Å². The van der Waals surface area contributed by atoms with Gasteiger partial charge in [-0.15, -0.1) is 10.2 Å². The molecule has 0 spiro atoms. The molecular weight excluding hydrogens is 322 g/mol. The highest BCUT2D eigenvalue weighted by atomic mass is 16.6. The molecule has 2 N–H and O–H groups in total. The van der Waals surface area contributed by atoms with E-state index in [1.807, 2.05) is 6.92 Å². The van der Waals surface area contributed by atoms with Crippen molar-refractivity contribution in [3.63, 3.8) is 0 Å². The Kier molecular flexibility index (Phi) is 7.43. The Morgan fingerprint density at radius 1 is 1.20 bits per heavy atom. The van der Waals surface area contributed by atoms with Crippen molar-refractivity contribution in [2.75, 3.05) is 30.3 Å². The monoisotopic (exact) mass is 349 g/mol. The molecule has 1 aromatic heterocycles. The van der Waals surface area contributed by atoms with Crippen LogP contribution in [0.5, 0.6) is 0 Å². The molecular formula is C17H27N5O3. The molecule has 2 rings (SSSR count). The highest BCUT2D eigenvalue weighted by Crippen LogP contribution is 2.16. The second-order valence-electron chi connectivity index (χ2n) is 6.06. The topological polar surface area (TPSA) is 96.5 Å². The summed E-state index contributed by atoms with van der Waals surface area (Å²) in [5, 5.41) is 14.2. The molecule has 0 atom stereocenters. The molecule has 0 unspecified atom stereocenters. The fraction of sp³-hybridized carbons (Fsp3) is 0.647. The second-order valence-corrected chi connectivity index (χ2v) is 6.06. The molecule has 138 valence electrons. The smallest absolute Gasteiger partial charge is 0.409 e. The number of rotatable bonds is 7. The zero-order valence-corrected chi connectivity index (χ0v) is 15.0. The van der Waals surface area contributed by atoms with Crippen molar-refractivity contribution < 1.29 is 14.3 Å². The van der Waals surface area contributed by atoms with Crippen LogP contribution in [0.3, 0.4) is 0 Å². The third-order valence-electron chi connectivity index (χ3n) is 4.06. The Morgan fingerprint density at radius 2 is 1.88 bits per heavy atom. The van der Waals surface area contributed by atoms with Crippen LogP contribution in [0.1, 0.15) is 46.0 Å². The van der Waals surface area contributed by atoms with Crippen LogP contribution < -0.4 is 10.6 Å². The molecule has 1 saturated heterocycles. The van der Waals surface area contributed by atoms with E-state index in [9.17, 15) is 9.59 Å². The van der Waals surface area contributed by atoms with Gasteiger partial charge >= 0.3 is 6.09 Å². The SMILES string of the molecule is CCCCC(=O)Nc1ccc(NC2CCN(C(=O)OCC)CC2)nn1. The minimum Gasteiger partial charge on any atom is -0.450 e. The van der Waals surface area contributed by atoms with Crippen LogP contribution in [0.15, 0.2) is 12.1 Å². The first kappa shape index (κ1) is 19.0. The van der Waals surface area contributed by atoms with Crippen molar-refractivity contribution >= 4 is 23.6 Å². The van der Waals surface area contributed by atoms with Crippen LogP contribution in [0.4, 0.5) is 16.4 Å². The lowest BCUT2D eigenvalue weighted by Crippen LogP contribution is -2.42. The van der Waals surface area contributed by atoms with Crippen molar-refractivity contribution in [2.45, 2.75) is 52.0 Å². The average molecular weight is 349 g/mol. The van der Waals surface area contributed by atoms with E-state index in [0.29, 0.717) is 37.8 Å². The molecule has 0 saturated carbocycles. The van der Waals surface area contributed by atoms with Crippen molar-refractivity contribution in [2.24, 2.45) is 0 Å². The van der Waals surface area contributed by atoms with Crippen LogP contribution in [-0.4, -0.2) is 52.8 Å². The lowest BCUT2D eigenvalue weighted by Gasteiger charge is -2.31. The number of hydrogen-bond acceptors (Lipinski definition) is 6. The first-order chi connectivity index (χ1) is 12.1. The molecule has 2 amide bonds. The number of unbranched alkanes of at least 4 members (excludes halogenated alkanes) is 1. The maximum Gasteiger partial charge on any atom is 0.409 e. The molecule has 1 aliphatic heterocycles. The van der Waals surface area contributed by atoms with E-state index in [0.717, 1.165) is 25.7 Å². The number of nitrogens with zero attached hydrogens (tertiary/aromatic N) is 3. The van der Waals surface area contributed by atoms with E-state index in [4.69, 9.17) is 4.74 Å². The number of carbonyl (C=O) groups is 2. The van der Waals surface area contributed by atoms with Crippen molar-refractivity contribution in [3.8, 4) is 0 Å². The van der Waals surface area contributed by atoms with Gasteiger partial charge in [0.15, 0.2) is 5.82 Å². The number of piperidine rings is 1. The second kappa shape index (κ2) is 9.80. The predicted molar refractivity (Wildman–Crippen MR) is 95.4 cm³/mol. The van der Waals surface area contributed by atoms with E-state index in [1.54, 1.807) is 24.0 Å². The summed E-state index contributed by atoms with van der Waals surface area (Å²) in [7, 11) is 0. The minimum absolute atomic E-state index is 0.0387. The number of aromatic nitrogens is 2. The van der Waals surface area contributed by atoms with Crippen LogP contribution in [0, 0.1) is 0 Å². The van der Waals surface area contributed by atoms with E-state index < -0.39 is 0 Å². The number of likely N-dealkylation sites (tertiary alicyclic amines) is 1. The van der Waals surface area contributed by atoms with Crippen molar-refractivity contribution in [1.29, 1.82) is 0 Å². The van der Waals surface area contributed by atoms with E-state index in [1.165, 1.54) is 0 Å². The largest absolute Gasteiger partial charge is 0.450 e. The zero-order chi connectivity index (χ0) is 18.1. The number of carbonyl (C=O) groups excluding carboxylic acids is 2. The Labute approximate surface area is 148 Å². The van der Waals surface area contributed by atoms with Gasteiger partial charge in [-0.2, -0.15) is 0 Å². The van der Waals surface area contributed by atoms with E-state index >= 15 is 0 Å². The van der Waals surface area contributed by atoms with Gasteiger partial charge in [0.25, 0.3) is 0 Å². The van der Waals surface area contributed by atoms with Crippen LogP contribution in [0.25, 0.3) is 0 Å². The maximum atomic E-state index is 11.7. The number of anilines is 2. The van der Waals surface area contributed by atoms with Gasteiger partial charge < -0.3 is 20.3 Å². The summed E-state index contributed by atoms with van der Waals surface area (Å²) in [6, 6.07) is 3.79. The molecule has 2 heterocycles. The van der Waals surface area contributed by atoms with Gasteiger partial charge in [-0.25, -0.2) is 4.79 Å². The number of nitrogens with one attached hydrogen (secondary N) is 2. The van der Waals surface area contributed by atoms with Gasteiger partial charge in [0, 0.05) is 25.6 Å². The van der Waals surface area contributed by atoms with E-state index in [-0.39, 0.29) is 18.0 Å². The Hall–Kier alpha value is -2.38. The quantitative estimate of drug-likeness (QED) is 0.785. The molecule has 8 nitrogen and oxygen atoms in total. The van der Waals surface area contributed by atoms with Crippen LogP contribution >= 0.6 is 0 Å². The van der Waals surface area contributed by atoms with Crippen molar-refractivity contribution in [3.05, 3.63) is 12.1 Å². The van der Waals surface area contributed by atoms with Gasteiger partial charge in [-0.05, 0) is 38.3 Å². The summed E-state index contributed by atoms with van der Waals surface area (Å²) in [6.45, 7) is 5.57. The number of ether oxygens (including phenoxy) is 1. The minimum atomic E-state index is -0.246. The van der Waals surface area contributed by atoms with Gasteiger partial charge in [0.05, 0.1) is 6.61 Å². The molecule has 1 fully saturated rings. The lowest BCUT2D eigenvalue weighted by atomic mass is 10.1. The average Bonchev–Trinajstić information content (AvgIpc) is 2.62. The summed E-state index contributed by atoms with van der Waals surface area (Å²) < 4.78 is 5.01. The molecule has 25 heavy (non-hydrogen) atoms. The Bertz CT molecular complexity index is 556. The highest BCUT2D eigenvalue weighted by Gasteiger charge is 2.23. The summed E-state index contributed by atoms with van der Waals surface area (Å²) in [5.41, 5.74) is 0. The van der Waals surface area contributed by atoms with Gasteiger partial charge in [-0.1, -0.05) is 13.3 Å². The fourth-order valence-electron chi connectivity index (χ4n) is 2.65. The summed E-state index contributed by atoms with van der Waals surface area (Å²) in [6.07, 6.45) is 3.76. The third-order valence-corrected chi connectivity index (χ3v) is 4.06. The lowest BCUT2D eigenvalue weighted by molar-refractivity contribution is -0.116. The molecule has 0 aromatic carbocycles. The van der Waals surface area contributed by atoms with Crippen LogP contribution in [-0.2, 0) is 9.53 Å². The maximum absolute atomic E-state index is 11.7. The molecule has 0 radical (unpaired) electrons. The first-order valence-corrected chi connectivity index (χ1v) is 8.94. The molecule has 8 heteroatoms. The fourth-order valence-corrected chi connectivity index (χ4v) is 2.65. The number of hydrogen-bond donors (Lipinski definition) is 2. The summed E-state index contributed by atoms with van der Waals surface area (Å²) >= 11 is 0. The molecule has 0 aliphatic carbocycles. The highest BCUT2D eigenvalue weighted by molar-refractivity contribution is 5.89. The summed E-state index contributed by atoms with van der Waals surface area (Å²) in [5.74, 6) is 1.09. The molecule has 0 bridgehead atoms. The zero-order valence-electron chi connectivity index (χ0n) is 15.0. The van der Waals surface area contributed by atoms with Crippen molar-refractivity contribution in [1.82, 2.24) is 15.1 Å². The normalized spacial score (nSPS) is 14.9. The van der Waals surface area contributed by atoms with Crippen LogP contribution in [0.2, 0.25) is 0 Å². The van der Waals surface area contributed by atoms with Gasteiger partial charge in [0.1, 0.15) is 5.82 Å². The standard InChI is InChI=1S/C17H27N5O3/c1-3-5-6-16(23)19-15-8-7-14(20-21-15)18-13-9-11-22(12-10-13)17(24)25-4-2/h7-8,13H,3-6,9-12H2,1-2H3,(H,18,20)(H,19,21,23). The Balaban J connectivity index is 1.76. The molecule has 1 aromatic rings.